The quantitative estimate of drug-likeness (QED) is 0.847. The van der Waals surface area contributed by atoms with Gasteiger partial charge in [-0.3, -0.25) is 0 Å². The fourth-order valence-electron chi connectivity index (χ4n) is 1.98. The van der Waals surface area contributed by atoms with Crippen LogP contribution in [0, 0.1) is 0 Å². The van der Waals surface area contributed by atoms with E-state index in [1.54, 1.807) is 0 Å². The van der Waals surface area contributed by atoms with E-state index in [9.17, 15) is 18.0 Å². The Morgan fingerprint density at radius 2 is 1.71 bits per heavy atom. The lowest BCUT2D eigenvalue weighted by molar-refractivity contribution is -0.137. The van der Waals surface area contributed by atoms with Crippen molar-refractivity contribution in [1.82, 2.24) is 0 Å². The number of halogens is 3. The van der Waals surface area contributed by atoms with E-state index in [2.05, 4.69) is 6.58 Å². The molecule has 2 aromatic rings. The van der Waals surface area contributed by atoms with Crippen LogP contribution in [0.1, 0.15) is 11.1 Å². The van der Waals surface area contributed by atoms with Crippen LogP contribution in [-0.2, 0) is 11.0 Å². The summed E-state index contributed by atoms with van der Waals surface area (Å²) in [6, 6.07) is 11.1. The first-order chi connectivity index (χ1) is 9.80. The fraction of sp³-hybridized carbons (Fsp3) is 0.0625. The van der Waals surface area contributed by atoms with E-state index in [0.717, 1.165) is 6.07 Å². The van der Waals surface area contributed by atoms with E-state index in [4.69, 9.17) is 5.11 Å². The number of aliphatic carboxylic acids is 1. The van der Waals surface area contributed by atoms with Gasteiger partial charge in [0.2, 0.25) is 0 Å². The molecule has 0 unspecified atom stereocenters. The maximum absolute atomic E-state index is 13.0. The largest absolute Gasteiger partial charge is 0.478 e. The monoisotopic (exact) mass is 292 g/mol. The van der Waals surface area contributed by atoms with Crippen LogP contribution in [0.25, 0.3) is 16.7 Å². The molecule has 1 N–H and O–H groups in total. The molecule has 2 rings (SSSR count). The summed E-state index contributed by atoms with van der Waals surface area (Å²) in [6.07, 6.45) is -4.48. The maximum atomic E-state index is 13.0. The van der Waals surface area contributed by atoms with Crippen LogP contribution in [-0.4, -0.2) is 11.1 Å². The molecule has 0 aliphatic heterocycles. The zero-order valence-corrected chi connectivity index (χ0v) is 10.8. The average Bonchev–Trinajstić information content (AvgIpc) is 2.45. The molecule has 0 saturated carbocycles. The van der Waals surface area contributed by atoms with Gasteiger partial charge in [-0.2, -0.15) is 13.2 Å². The summed E-state index contributed by atoms with van der Waals surface area (Å²) < 4.78 is 39.0. The third kappa shape index (κ3) is 3.13. The lowest BCUT2D eigenvalue weighted by Gasteiger charge is -2.13. The van der Waals surface area contributed by atoms with Gasteiger partial charge in [0.05, 0.1) is 11.1 Å². The number of alkyl halides is 3. The minimum Gasteiger partial charge on any atom is -0.478 e. The number of carbonyl (C=O) groups is 1. The highest BCUT2D eigenvalue weighted by Gasteiger charge is 2.33. The third-order valence-corrected chi connectivity index (χ3v) is 3.01. The Bertz CT molecular complexity index is 703. The molecule has 0 amide bonds. The Kier molecular flexibility index (Phi) is 3.84. The molecule has 21 heavy (non-hydrogen) atoms. The van der Waals surface area contributed by atoms with Crippen LogP contribution in [0.5, 0.6) is 0 Å². The van der Waals surface area contributed by atoms with Crippen LogP contribution in [0.3, 0.4) is 0 Å². The van der Waals surface area contributed by atoms with Crippen molar-refractivity contribution in [3.05, 3.63) is 66.2 Å². The number of hydrogen-bond donors (Lipinski definition) is 1. The van der Waals surface area contributed by atoms with Crippen LogP contribution in [0.15, 0.2) is 55.1 Å². The molecule has 108 valence electrons. The highest BCUT2D eigenvalue weighted by Crippen LogP contribution is 2.37. The van der Waals surface area contributed by atoms with E-state index in [1.165, 1.54) is 42.5 Å². The number of rotatable bonds is 3. The van der Waals surface area contributed by atoms with E-state index >= 15 is 0 Å². The molecule has 0 heterocycles. The number of benzene rings is 2. The molecule has 0 bridgehead atoms. The number of hydrogen-bond acceptors (Lipinski definition) is 1. The predicted molar refractivity (Wildman–Crippen MR) is 73.5 cm³/mol. The molecular weight excluding hydrogens is 281 g/mol. The molecule has 0 atom stereocenters. The van der Waals surface area contributed by atoms with Crippen molar-refractivity contribution in [1.29, 1.82) is 0 Å². The smallest absolute Gasteiger partial charge is 0.417 e. The fourth-order valence-corrected chi connectivity index (χ4v) is 1.98. The minimum absolute atomic E-state index is 0.00467. The van der Waals surface area contributed by atoms with E-state index in [0.29, 0.717) is 5.56 Å². The Hall–Kier alpha value is -2.56. The van der Waals surface area contributed by atoms with Crippen molar-refractivity contribution in [3.8, 4) is 11.1 Å². The SMILES string of the molecule is C=C(C(=O)O)c1cccc(-c2ccccc2C(F)(F)F)c1. The number of carboxylic acid groups (broad SMARTS) is 1. The van der Waals surface area contributed by atoms with Crippen molar-refractivity contribution < 1.29 is 23.1 Å². The van der Waals surface area contributed by atoms with Crippen LogP contribution < -0.4 is 0 Å². The summed E-state index contributed by atoms with van der Waals surface area (Å²) in [5.41, 5.74) is -0.353. The minimum atomic E-state index is -4.48. The van der Waals surface area contributed by atoms with Crippen LogP contribution >= 0.6 is 0 Å². The summed E-state index contributed by atoms with van der Waals surface area (Å²) in [7, 11) is 0. The summed E-state index contributed by atoms with van der Waals surface area (Å²) in [5, 5.41) is 8.90. The molecule has 0 fully saturated rings. The summed E-state index contributed by atoms with van der Waals surface area (Å²) in [6.45, 7) is 3.41. The first-order valence-corrected chi connectivity index (χ1v) is 6.00. The van der Waals surface area contributed by atoms with Gasteiger partial charge in [0.1, 0.15) is 0 Å². The van der Waals surface area contributed by atoms with Crippen LogP contribution in [0.4, 0.5) is 13.2 Å². The standard InChI is InChI=1S/C16H11F3O2/c1-10(15(20)21)11-5-4-6-12(9-11)13-7-2-3-8-14(13)16(17,18)19/h2-9H,1H2,(H,20,21). The lowest BCUT2D eigenvalue weighted by atomic mass is 9.96. The molecule has 0 spiro atoms. The van der Waals surface area contributed by atoms with E-state index in [1.807, 2.05) is 0 Å². The highest BCUT2D eigenvalue weighted by molar-refractivity contribution is 6.14. The molecule has 2 nitrogen and oxygen atoms in total. The molecule has 0 radical (unpaired) electrons. The third-order valence-electron chi connectivity index (χ3n) is 3.01. The Morgan fingerprint density at radius 3 is 2.33 bits per heavy atom. The van der Waals surface area contributed by atoms with Gasteiger partial charge in [0, 0.05) is 0 Å². The van der Waals surface area contributed by atoms with Gasteiger partial charge in [0.25, 0.3) is 0 Å². The average molecular weight is 292 g/mol. The summed E-state index contributed by atoms with van der Waals surface area (Å²) >= 11 is 0. The van der Waals surface area contributed by atoms with Crippen LogP contribution in [0.2, 0.25) is 0 Å². The van der Waals surface area contributed by atoms with Gasteiger partial charge < -0.3 is 5.11 Å². The lowest BCUT2D eigenvalue weighted by Crippen LogP contribution is -2.07. The second kappa shape index (κ2) is 5.44. The Labute approximate surface area is 119 Å². The van der Waals surface area contributed by atoms with E-state index < -0.39 is 17.7 Å². The highest BCUT2D eigenvalue weighted by atomic mass is 19.4. The topological polar surface area (TPSA) is 37.3 Å². The first-order valence-electron chi connectivity index (χ1n) is 6.00. The van der Waals surface area contributed by atoms with Crippen molar-refractivity contribution in [3.63, 3.8) is 0 Å². The Balaban J connectivity index is 2.56. The van der Waals surface area contributed by atoms with Crippen molar-refractivity contribution in [2.75, 3.05) is 0 Å². The van der Waals surface area contributed by atoms with Crippen molar-refractivity contribution in [2.24, 2.45) is 0 Å². The van der Waals surface area contributed by atoms with E-state index in [-0.39, 0.29) is 16.7 Å². The predicted octanol–water partition coefficient (Wildman–Crippen LogP) is 4.47. The molecule has 0 aliphatic rings. The van der Waals surface area contributed by atoms with Gasteiger partial charge in [-0.25, -0.2) is 4.79 Å². The normalized spacial score (nSPS) is 11.2. The van der Waals surface area contributed by atoms with Gasteiger partial charge >= 0.3 is 12.1 Å². The van der Waals surface area contributed by atoms with Gasteiger partial charge in [-0.05, 0) is 28.8 Å². The van der Waals surface area contributed by atoms with Gasteiger partial charge in [-0.1, -0.05) is 43.0 Å². The molecule has 0 aromatic heterocycles. The van der Waals surface area contributed by atoms with Crippen molar-refractivity contribution >= 4 is 11.5 Å². The summed E-state index contributed by atoms with van der Waals surface area (Å²) in [5.74, 6) is -1.21. The molecule has 0 aliphatic carbocycles. The zero-order chi connectivity index (χ0) is 15.6. The van der Waals surface area contributed by atoms with Crippen molar-refractivity contribution in [2.45, 2.75) is 6.18 Å². The number of carboxylic acids is 1. The zero-order valence-electron chi connectivity index (χ0n) is 10.8. The van der Waals surface area contributed by atoms with Gasteiger partial charge in [-0.15, -0.1) is 0 Å². The molecule has 2 aromatic carbocycles. The second-order valence-corrected chi connectivity index (χ2v) is 4.41. The second-order valence-electron chi connectivity index (χ2n) is 4.41. The Morgan fingerprint density at radius 1 is 1.05 bits per heavy atom. The molecule has 5 heteroatoms. The molecule has 0 saturated heterocycles. The maximum Gasteiger partial charge on any atom is 0.417 e. The summed E-state index contributed by atoms with van der Waals surface area (Å²) in [4.78, 5) is 10.9. The van der Waals surface area contributed by atoms with Gasteiger partial charge in [0.15, 0.2) is 0 Å². The first kappa shape index (κ1) is 14.8. The molecular formula is C16H11F3O2.